The quantitative estimate of drug-likeness (QED) is 0.914. The molecule has 1 N–H and O–H groups in total. The first kappa shape index (κ1) is 13.3. The first-order valence-corrected chi connectivity index (χ1v) is 6.10. The lowest BCUT2D eigenvalue weighted by Gasteiger charge is -2.05. The molecule has 1 aromatic carbocycles. The lowest BCUT2D eigenvalue weighted by molar-refractivity contribution is -0.137. The molecular formula is C14H16N2O3. The summed E-state index contributed by atoms with van der Waals surface area (Å²) in [6.45, 7) is 6.07. The second-order valence-corrected chi connectivity index (χ2v) is 4.65. The lowest BCUT2D eigenvalue weighted by Crippen LogP contribution is -1.97. The molecule has 0 atom stereocenters. The Hall–Kier alpha value is -2.17. The minimum absolute atomic E-state index is 0.00641. The third-order valence-corrected chi connectivity index (χ3v) is 3.09. The number of aryl methyl sites for hydroxylation is 4. The van der Waals surface area contributed by atoms with E-state index in [2.05, 4.69) is 23.2 Å². The number of hydrogen-bond donors (Lipinski definition) is 1. The van der Waals surface area contributed by atoms with Crippen molar-refractivity contribution in [2.45, 2.75) is 33.6 Å². The Morgan fingerprint density at radius 2 is 1.84 bits per heavy atom. The first-order valence-electron chi connectivity index (χ1n) is 6.10. The molecule has 0 saturated heterocycles. The second-order valence-electron chi connectivity index (χ2n) is 4.65. The predicted molar refractivity (Wildman–Crippen MR) is 69.9 cm³/mol. The normalized spacial score (nSPS) is 10.7. The molecule has 0 amide bonds. The third-order valence-electron chi connectivity index (χ3n) is 3.09. The van der Waals surface area contributed by atoms with E-state index in [4.69, 9.17) is 9.52 Å². The van der Waals surface area contributed by atoms with Crippen LogP contribution in [0, 0.1) is 20.8 Å². The Labute approximate surface area is 111 Å². The van der Waals surface area contributed by atoms with Crippen LogP contribution in [0.4, 0.5) is 0 Å². The number of aliphatic carboxylic acids is 1. The molecule has 0 saturated carbocycles. The fraction of sp³-hybridized carbons (Fsp3) is 0.357. The number of carboxylic acid groups (broad SMARTS) is 1. The van der Waals surface area contributed by atoms with E-state index in [0.717, 1.165) is 16.7 Å². The Morgan fingerprint density at radius 1 is 1.16 bits per heavy atom. The van der Waals surface area contributed by atoms with E-state index in [9.17, 15) is 4.79 Å². The molecule has 100 valence electrons. The molecule has 0 radical (unpaired) electrons. The number of benzene rings is 1. The highest BCUT2D eigenvalue weighted by Crippen LogP contribution is 2.25. The summed E-state index contributed by atoms with van der Waals surface area (Å²) >= 11 is 0. The molecule has 0 spiro atoms. The van der Waals surface area contributed by atoms with Gasteiger partial charge in [0.2, 0.25) is 11.8 Å². The average Bonchev–Trinajstić information content (AvgIpc) is 2.80. The van der Waals surface area contributed by atoms with Crippen LogP contribution in [0.3, 0.4) is 0 Å². The van der Waals surface area contributed by atoms with E-state index in [1.165, 1.54) is 5.56 Å². The minimum atomic E-state index is -0.873. The molecule has 0 fully saturated rings. The standard InChI is InChI=1S/C14H16N2O3/c1-8-6-10(3)11(7-9(8)2)14-16-15-12(19-14)4-5-13(17)18/h6-7H,4-5H2,1-3H3,(H,17,18). The number of carbonyl (C=O) groups is 1. The van der Waals surface area contributed by atoms with E-state index >= 15 is 0 Å². The zero-order chi connectivity index (χ0) is 14.0. The Balaban J connectivity index is 2.27. The fourth-order valence-electron chi connectivity index (χ4n) is 1.87. The summed E-state index contributed by atoms with van der Waals surface area (Å²) in [7, 11) is 0. The maximum Gasteiger partial charge on any atom is 0.303 e. The maximum absolute atomic E-state index is 10.5. The van der Waals surface area contributed by atoms with Crippen LogP contribution >= 0.6 is 0 Å². The van der Waals surface area contributed by atoms with Gasteiger partial charge in [0.1, 0.15) is 0 Å². The zero-order valence-corrected chi connectivity index (χ0v) is 11.2. The Bertz CT molecular complexity index is 617. The molecule has 5 heteroatoms. The van der Waals surface area contributed by atoms with Gasteiger partial charge >= 0.3 is 5.97 Å². The molecule has 19 heavy (non-hydrogen) atoms. The van der Waals surface area contributed by atoms with Crippen molar-refractivity contribution in [3.8, 4) is 11.5 Å². The lowest BCUT2D eigenvalue weighted by atomic mass is 10.0. The van der Waals surface area contributed by atoms with Gasteiger partial charge in [-0.25, -0.2) is 0 Å². The summed E-state index contributed by atoms with van der Waals surface area (Å²) in [5, 5.41) is 16.5. The maximum atomic E-state index is 10.5. The number of nitrogens with zero attached hydrogens (tertiary/aromatic N) is 2. The second kappa shape index (κ2) is 5.22. The topological polar surface area (TPSA) is 76.2 Å². The largest absolute Gasteiger partial charge is 0.481 e. The molecule has 1 aromatic heterocycles. The number of carboxylic acids is 1. The average molecular weight is 260 g/mol. The summed E-state index contributed by atoms with van der Waals surface area (Å²) in [6.07, 6.45) is 0.250. The molecule has 2 rings (SSSR count). The molecular weight excluding hydrogens is 244 g/mol. The van der Waals surface area contributed by atoms with Crippen LogP contribution in [-0.4, -0.2) is 21.3 Å². The van der Waals surface area contributed by atoms with E-state index in [1.54, 1.807) is 0 Å². The van der Waals surface area contributed by atoms with Gasteiger partial charge in [0.25, 0.3) is 0 Å². The summed E-state index contributed by atoms with van der Waals surface area (Å²) in [5.74, 6) is -0.0712. The monoisotopic (exact) mass is 260 g/mol. The van der Waals surface area contributed by atoms with Gasteiger partial charge in [0.15, 0.2) is 0 Å². The van der Waals surface area contributed by atoms with Gasteiger partial charge in [0, 0.05) is 12.0 Å². The fourth-order valence-corrected chi connectivity index (χ4v) is 1.87. The van der Waals surface area contributed by atoms with Gasteiger partial charge < -0.3 is 9.52 Å². The summed E-state index contributed by atoms with van der Waals surface area (Å²) in [6, 6.07) is 4.09. The van der Waals surface area contributed by atoms with Crippen molar-refractivity contribution in [2.75, 3.05) is 0 Å². The van der Waals surface area contributed by atoms with Crippen molar-refractivity contribution < 1.29 is 14.3 Å². The van der Waals surface area contributed by atoms with Crippen molar-refractivity contribution in [2.24, 2.45) is 0 Å². The van der Waals surface area contributed by atoms with E-state index in [-0.39, 0.29) is 12.8 Å². The molecule has 0 aliphatic rings. The van der Waals surface area contributed by atoms with Gasteiger partial charge in [0.05, 0.1) is 6.42 Å². The molecule has 5 nitrogen and oxygen atoms in total. The molecule has 0 aliphatic heterocycles. The van der Waals surface area contributed by atoms with Crippen molar-refractivity contribution in [3.63, 3.8) is 0 Å². The predicted octanol–water partition coefficient (Wildman–Crippen LogP) is 2.68. The van der Waals surface area contributed by atoms with E-state index < -0.39 is 5.97 Å². The van der Waals surface area contributed by atoms with Crippen LogP contribution in [0.25, 0.3) is 11.5 Å². The number of hydrogen-bond acceptors (Lipinski definition) is 4. The highest BCUT2D eigenvalue weighted by atomic mass is 16.4. The highest BCUT2D eigenvalue weighted by molar-refractivity contribution is 5.67. The van der Waals surface area contributed by atoms with Crippen molar-refractivity contribution in [1.82, 2.24) is 10.2 Å². The van der Waals surface area contributed by atoms with Crippen LogP contribution in [-0.2, 0) is 11.2 Å². The SMILES string of the molecule is Cc1cc(C)c(-c2nnc(CCC(=O)O)o2)cc1C. The minimum Gasteiger partial charge on any atom is -0.481 e. The third kappa shape index (κ3) is 2.99. The number of rotatable bonds is 4. The van der Waals surface area contributed by atoms with E-state index in [0.29, 0.717) is 11.8 Å². The molecule has 1 heterocycles. The van der Waals surface area contributed by atoms with E-state index in [1.807, 2.05) is 19.9 Å². The van der Waals surface area contributed by atoms with Crippen LogP contribution in [0.15, 0.2) is 16.5 Å². The van der Waals surface area contributed by atoms with Crippen LogP contribution in [0.2, 0.25) is 0 Å². The highest BCUT2D eigenvalue weighted by Gasteiger charge is 2.13. The van der Waals surface area contributed by atoms with Gasteiger partial charge in [-0.3, -0.25) is 4.79 Å². The van der Waals surface area contributed by atoms with Crippen molar-refractivity contribution in [1.29, 1.82) is 0 Å². The van der Waals surface area contributed by atoms with Gasteiger partial charge in [-0.1, -0.05) is 6.07 Å². The van der Waals surface area contributed by atoms with Crippen LogP contribution in [0.5, 0.6) is 0 Å². The van der Waals surface area contributed by atoms with Gasteiger partial charge in [-0.2, -0.15) is 0 Å². The Kier molecular flexibility index (Phi) is 3.64. The molecule has 0 aliphatic carbocycles. The smallest absolute Gasteiger partial charge is 0.303 e. The Morgan fingerprint density at radius 3 is 2.53 bits per heavy atom. The van der Waals surface area contributed by atoms with Gasteiger partial charge in [-0.05, 0) is 43.5 Å². The summed E-state index contributed by atoms with van der Waals surface area (Å²) < 4.78 is 5.51. The molecule has 0 bridgehead atoms. The van der Waals surface area contributed by atoms with Crippen LogP contribution < -0.4 is 0 Å². The van der Waals surface area contributed by atoms with Gasteiger partial charge in [-0.15, -0.1) is 10.2 Å². The number of aromatic nitrogens is 2. The first-order chi connectivity index (χ1) is 8.97. The van der Waals surface area contributed by atoms with Crippen LogP contribution in [0.1, 0.15) is 29.0 Å². The van der Waals surface area contributed by atoms with Crippen molar-refractivity contribution >= 4 is 5.97 Å². The molecule has 2 aromatic rings. The zero-order valence-electron chi connectivity index (χ0n) is 11.2. The summed E-state index contributed by atoms with van der Waals surface area (Å²) in [4.78, 5) is 10.5. The van der Waals surface area contributed by atoms with Crippen molar-refractivity contribution in [3.05, 3.63) is 34.7 Å². The summed E-state index contributed by atoms with van der Waals surface area (Å²) in [5.41, 5.74) is 4.34. The molecule has 0 unspecified atom stereocenters.